The first kappa shape index (κ1) is 27.2. The van der Waals surface area contributed by atoms with E-state index in [0.29, 0.717) is 33.9 Å². The number of nitrogens with zero attached hydrogens (tertiary/aromatic N) is 3. The predicted octanol–water partition coefficient (Wildman–Crippen LogP) is 6.49. The van der Waals surface area contributed by atoms with E-state index in [1.165, 1.54) is 4.90 Å². The van der Waals surface area contributed by atoms with Crippen LogP contribution in [0.4, 0.5) is 5.82 Å². The highest BCUT2D eigenvalue weighted by Crippen LogP contribution is 2.25. The number of benzene rings is 3. The minimum atomic E-state index is -0.337. The minimum Gasteiger partial charge on any atom is -0.484 e. The van der Waals surface area contributed by atoms with Crippen molar-refractivity contribution in [2.75, 3.05) is 25.0 Å². The van der Waals surface area contributed by atoms with E-state index in [4.69, 9.17) is 33.0 Å². The number of nitrogens with one attached hydrogen (secondary N) is 1. The van der Waals surface area contributed by atoms with Gasteiger partial charge in [0.05, 0.1) is 11.4 Å². The number of anilines is 1. The van der Waals surface area contributed by atoms with Crippen LogP contribution in [-0.4, -0.2) is 46.2 Å². The molecule has 1 aromatic heterocycles. The molecule has 3 aromatic carbocycles. The molecule has 0 spiro atoms. The molecular formula is C29H28Cl2N4O3. The van der Waals surface area contributed by atoms with Crippen LogP contribution in [0.1, 0.15) is 19.8 Å². The first-order chi connectivity index (χ1) is 18.4. The minimum absolute atomic E-state index is 0.116. The molecule has 0 fully saturated rings. The Morgan fingerprint density at radius 3 is 2.26 bits per heavy atom. The molecule has 0 radical (unpaired) electrons. The average Bonchev–Trinajstić information content (AvgIpc) is 3.35. The van der Waals surface area contributed by atoms with Gasteiger partial charge in [0.1, 0.15) is 18.1 Å². The Labute approximate surface area is 231 Å². The van der Waals surface area contributed by atoms with Crippen LogP contribution in [0.15, 0.2) is 84.9 Å². The van der Waals surface area contributed by atoms with E-state index in [0.717, 1.165) is 24.1 Å². The fourth-order valence-electron chi connectivity index (χ4n) is 3.76. The maximum atomic E-state index is 13.2. The van der Waals surface area contributed by atoms with E-state index >= 15 is 0 Å². The van der Waals surface area contributed by atoms with Crippen LogP contribution in [0.5, 0.6) is 5.75 Å². The van der Waals surface area contributed by atoms with E-state index in [1.807, 2.05) is 55.5 Å². The van der Waals surface area contributed by atoms with Crippen LogP contribution in [0, 0.1) is 0 Å². The van der Waals surface area contributed by atoms with Crippen molar-refractivity contribution < 1.29 is 14.3 Å². The zero-order chi connectivity index (χ0) is 26.9. The molecule has 0 aliphatic rings. The van der Waals surface area contributed by atoms with Crippen molar-refractivity contribution in [2.24, 2.45) is 0 Å². The molecule has 0 saturated heterocycles. The quantitative estimate of drug-likeness (QED) is 0.231. The Morgan fingerprint density at radius 2 is 1.61 bits per heavy atom. The van der Waals surface area contributed by atoms with Crippen LogP contribution in [-0.2, 0) is 9.59 Å². The number of rotatable bonds is 11. The molecule has 0 aliphatic heterocycles. The zero-order valence-electron chi connectivity index (χ0n) is 20.9. The van der Waals surface area contributed by atoms with Gasteiger partial charge in [0.2, 0.25) is 5.91 Å². The lowest BCUT2D eigenvalue weighted by Gasteiger charge is -2.22. The molecule has 4 rings (SSSR count). The Kier molecular flexibility index (Phi) is 9.40. The van der Waals surface area contributed by atoms with Crippen molar-refractivity contribution in [2.45, 2.75) is 19.8 Å². The van der Waals surface area contributed by atoms with E-state index in [9.17, 15) is 9.59 Å². The molecule has 38 heavy (non-hydrogen) atoms. The van der Waals surface area contributed by atoms with Crippen LogP contribution >= 0.6 is 23.2 Å². The smallest absolute Gasteiger partial charge is 0.260 e. The average molecular weight is 551 g/mol. The first-order valence-corrected chi connectivity index (χ1v) is 13.1. The number of aromatic nitrogens is 2. The van der Waals surface area contributed by atoms with E-state index in [-0.39, 0.29) is 25.0 Å². The topological polar surface area (TPSA) is 76.5 Å². The van der Waals surface area contributed by atoms with Gasteiger partial charge in [-0.1, -0.05) is 66.9 Å². The molecule has 0 saturated carbocycles. The molecular weight excluding hydrogens is 523 g/mol. The van der Waals surface area contributed by atoms with Gasteiger partial charge in [-0.05, 0) is 55.0 Å². The van der Waals surface area contributed by atoms with Gasteiger partial charge in [-0.15, -0.1) is 0 Å². The van der Waals surface area contributed by atoms with Gasteiger partial charge in [-0.25, -0.2) is 4.68 Å². The van der Waals surface area contributed by atoms with Gasteiger partial charge >= 0.3 is 0 Å². The number of ether oxygens (including phenoxy) is 1. The predicted molar refractivity (Wildman–Crippen MR) is 151 cm³/mol. The van der Waals surface area contributed by atoms with Crippen molar-refractivity contribution >= 4 is 40.8 Å². The summed E-state index contributed by atoms with van der Waals surface area (Å²) in [6.45, 7) is 2.18. The number of amides is 2. The summed E-state index contributed by atoms with van der Waals surface area (Å²) in [4.78, 5) is 27.6. The SMILES string of the molecule is CCCCN(CC(=O)Nc1cc(-c2ccccc2)nn1-c1ccc(Cl)cc1)C(=O)COc1ccc(Cl)cc1. The van der Waals surface area contributed by atoms with Crippen LogP contribution < -0.4 is 10.1 Å². The van der Waals surface area contributed by atoms with Crippen molar-refractivity contribution in [3.63, 3.8) is 0 Å². The second kappa shape index (κ2) is 13.1. The number of hydrogen-bond acceptors (Lipinski definition) is 4. The molecule has 9 heteroatoms. The van der Waals surface area contributed by atoms with Gasteiger partial charge in [0, 0.05) is 28.2 Å². The fraction of sp³-hybridized carbons (Fsp3) is 0.207. The normalized spacial score (nSPS) is 10.7. The van der Waals surface area contributed by atoms with Crippen LogP contribution in [0.2, 0.25) is 10.0 Å². The molecule has 7 nitrogen and oxygen atoms in total. The molecule has 0 unspecified atom stereocenters. The van der Waals surface area contributed by atoms with E-state index in [2.05, 4.69) is 5.32 Å². The largest absolute Gasteiger partial charge is 0.484 e. The van der Waals surface area contributed by atoms with Gasteiger partial charge < -0.3 is 15.0 Å². The summed E-state index contributed by atoms with van der Waals surface area (Å²) in [7, 11) is 0. The molecule has 0 aliphatic carbocycles. The summed E-state index contributed by atoms with van der Waals surface area (Å²) in [6.07, 6.45) is 1.65. The van der Waals surface area contributed by atoms with Crippen LogP contribution in [0.25, 0.3) is 16.9 Å². The summed E-state index contributed by atoms with van der Waals surface area (Å²) < 4.78 is 7.27. The third kappa shape index (κ3) is 7.37. The molecule has 4 aromatic rings. The number of halogens is 2. The lowest BCUT2D eigenvalue weighted by molar-refractivity contribution is -0.136. The van der Waals surface area contributed by atoms with Gasteiger partial charge in [-0.3, -0.25) is 9.59 Å². The van der Waals surface area contributed by atoms with Gasteiger partial charge in [0.25, 0.3) is 5.91 Å². The molecule has 1 heterocycles. The van der Waals surface area contributed by atoms with E-state index < -0.39 is 0 Å². The number of carbonyl (C=O) groups excluding carboxylic acids is 2. The van der Waals surface area contributed by atoms with Gasteiger partial charge in [-0.2, -0.15) is 5.10 Å². The summed E-state index contributed by atoms with van der Waals surface area (Å²) >= 11 is 12.0. The first-order valence-electron chi connectivity index (χ1n) is 12.3. The van der Waals surface area contributed by atoms with E-state index in [1.54, 1.807) is 41.1 Å². The second-order valence-electron chi connectivity index (χ2n) is 8.63. The molecule has 0 bridgehead atoms. The van der Waals surface area contributed by atoms with Crippen molar-refractivity contribution in [1.82, 2.24) is 14.7 Å². The third-order valence-corrected chi connectivity index (χ3v) is 6.27. The second-order valence-corrected chi connectivity index (χ2v) is 9.50. The number of unbranched alkanes of at least 4 members (excludes halogenated alkanes) is 1. The van der Waals surface area contributed by atoms with Gasteiger partial charge in [0.15, 0.2) is 6.61 Å². The summed E-state index contributed by atoms with van der Waals surface area (Å²) in [5, 5.41) is 8.83. The zero-order valence-corrected chi connectivity index (χ0v) is 22.5. The highest BCUT2D eigenvalue weighted by Gasteiger charge is 2.20. The molecule has 0 atom stereocenters. The highest BCUT2D eigenvalue weighted by atomic mass is 35.5. The molecule has 1 N–H and O–H groups in total. The maximum Gasteiger partial charge on any atom is 0.260 e. The lowest BCUT2D eigenvalue weighted by Crippen LogP contribution is -2.41. The van der Waals surface area contributed by atoms with Crippen molar-refractivity contribution in [3.8, 4) is 22.7 Å². The summed E-state index contributed by atoms with van der Waals surface area (Å²) in [6, 6.07) is 25.4. The van der Waals surface area contributed by atoms with Crippen molar-refractivity contribution in [3.05, 3.63) is 95.0 Å². The Bertz CT molecular complexity index is 1360. The standard InChI is InChI=1S/C29H28Cl2N4O3/c1-2-3-17-34(29(37)20-38-25-15-11-23(31)12-16-25)19-28(36)32-27-18-26(21-7-5-4-6-8-21)33-35(27)24-13-9-22(30)10-14-24/h4-16,18H,2-3,17,19-20H2,1H3,(H,32,36). The third-order valence-electron chi connectivity index (χ3n) is 5.76. The van der Waals surface area contributed by atoms with Crippen LogP contribution in [0.3, 0.4) is 0 Å². The Hall–Kier alpha value is -3.81. The summed E-state index contributed by atoms with van der Waals surface area (Å²) in [5.74, 6) is 0.398. The Balaban J connectivity index is 1.50. The van der Waals surface area contributed by atoms with Crippen molar-refractivity contribution in [1.29, 1.82) is 0 Å². The molecule has 2 amide bonds. The lowest BCUT2D eigenvalue weighted by atomic mass is 10.1. The molecule has 196 valence electrons. The Morgan fingerprint density at radius 1 is 0.947 bits per heavy atom. The number of hydrogen-bond donors (Lipinski definition) is 1. The monoisotopic (exact) mass is 550 g/mol. The fourth-order valence-corrected chi connectivity index (χ4v) is 4.02. The highest BCUT2D eigenvalue weighted by molar-refractivity contribution is 6.30. The maximum absolute atomic E-state index is 13.2. The summed E-state index contributed by atoms with van der Waals surface area (Å²) in [5.41, 5.74) is 2.35. The number of carbonyl (C=O) groups is 2.